The Labute approximate surface area is 96.9 Å². The first kappa shape index (κ1) is 13.6. The molecule has 0 bridgehead atoms. The summed E-state index contributed by atoms with van der Waals surface area (Å²) >= 11 is 0. The second kappa shape index (κ2) is 5.76. The number of hydrogen-bond acceptors (Lipinski definition) is 4. The van der Waals surface area contributed by atoms with E-state index in [0.717, 1.165) is 0 Å². The van der Waals surface area contributed by atoms with Gasteiger partial charge < -0.3 is 15.4 Å². The normalized spacial score (nSPS) is 11.6. The average Bonchev–Trinajstić information content (AvgIpc) is 2.57. The standard InChI is InChI=1S/C9H15F3N4O/c1-16-8(17-2)5-7(15-16)14-4-3-13-6-9(10,11)12/h5,13H,3-4,6H2,1-2H3,(H,14,15). The molecule has 0 aromatic carbocycles. The lowest BCUT2D eigenvalue weighted by molar-refractivity contribution is -0.124. The van der Waals surface area contributed by atoms with Crippen molar-refractivity contribution in [3.63, 3.8) is 0 Å². The van der Waals surface area contributed by atoms with E-state index in [9.17, 15) is 13.2 Å². The number of hydrogen-bond donors (Lipinski definition) is 2. The highest BCUT2D eigenvalue weighted by Crippen LogP contribution is 2.14. The van der Waals surface area contributed by atoms with Crippen LogP contribution in [-0.2, 0) is 7.05 Å². The Hall–Kier alpha value is -1.44. The fraction of sp³-hybridized carbons (Fsp3) is 0.667. The molecule has 0 saturated heterocycles. The smallest absolute Gasteiger partial charge is 0.401 e. The van der Waals surface area contributed by atoms with Crippen LogP contribution in [0.2, 0.25) is 0 Å². The fourth-order valence-electron chi connectivity index (χ4n) is 1.24. The predicted octanol–water partition coefficient (Wildman–Crippen LogP) is 0.992. The van der Waals surface area contributed by atoms with Gasteiger partial charge in [0, 0.05) is 26.2 Å². The zero-order valence-corrected chi connectivity index (χ0v) is 9.64. The fourth-order valence-corrected chi connectivity index (χ4v) is 1.24. The molecule has 0 atom stereocenters. The summed E-state index contributed by atoms with van der Waals surface area (Å²) in [7, 11) is 3.23. The van der Waals surface area contributed by atoms with E-state index in [2.05, 4.69) is 15.7 Å². The van der Waals surface area contributed by atoms with Crippen molar-refractivity contribution < 1.29 is 17.9 Å². The number of anilines is 1. The van der Waals surface area contributed by atoms with Gasteiger partial charge in [-0.25, -0.2) is 4.68 Å². The highest BCUT2D eigenvalue weighted by Gasteiger charge is 2.25. The lowest BCUT2D eigenvalue weighted by Crippen LogP contribution is -2.32. The molecule has 0 fully saturated rings. The Balaban J connectivity index is 2.22. The number of nitrogens with zero attached hydrogens (tertiary/aromatic N) is 2. The van der Waals surface area contributed by atoms with Gasteiger partial charge in [-0.05, 0) is 0 Å². The van der Waals surface area contributed by atoms with Gasteiger partial charge in [-0.15, -0.1) is 0 Å². The van der Waals surface area contributed by atoms with Gasteiger partial charge in [0.05, 0.1) is 13.7 Å². The number of nitrogens with one attached hydrogen (secondary N) is 2. The summed E-state index contributed by atoms with van der Waals surface area (Å²) in [5.74, 6) is 1.15. The van der Waals surface area contributed by atoms with Crippen molar-refractivity contribution in [3.8, 4) is 5.88 Å². The van der Waals surface area contributed by atoms with Crippen molar-refractivity contribution in [3.05, 3.63) is 6.07 Å². The molecule has 2 N–H and O–H groups in total. The number of ether oxygens (including phenoxy) is 1. The maximum Gasteiger partial charge on any atom is 0.401 e. The summed E-state index contributed by atoms with van der Waals surface area (Å²) in [6.07, 6.45) is -4.17. The van der Waals surface area contributed by atoms with E-state index >= 15 is 0 Å². The van der Waals surface area contributed by atoms with E-state index in [1.165, 1.54) is 11.8 Å². The molecule has 0 aliphatic carbocycles. The van der Waals surface area contributed by atoms with Crippen molar-refractivity contribution >= 4 is 5.82 Å². The molecule has 0 aliphatic heterocycles. The molecule has 1 aromatic rings. The Morgan fingerprint density at radius 2 is 2.12 bits per heavy atom. The van der Waals surface area contributed by atoms with Gasteiger partial charge >= 0.3 is 6.18 Å². The van der Waals surface area contributed by atoms with Crippen LogP contribution in [0.15, 0.2) is 6.07 Å². The first-order valence-electron chi connectivity index (χ1n) is 5.02. The van der Waals surface area contributed by atoms with Crippen molar-refractivity contribution in [2.75, 3.05) is 32.1 Å². The van der Waals surface area contributed by atoms with E-state index in [0.29, 0.717) is 18.2 Å². The quantitative estimate of drug-likeness (QED) is 0.741. The number of alkyl halides is 3. The van der Waals surface area contributed by atoms with Crippen molar-refractivity contribution in [2.24, 2.45) is 7.05 Å². The largest absolute Gasteiger partial charge is 0.481 e. The maximum absolute atomic E-state index is 11.8. The first-order chi connectivity index (χ1) is 7.92. The summed E-state index contributed by atoms with van der Waals surface area (Å²) in [6.45, 7) is -0.422. The third-order valence-electron chi connectivity index (χ3n) is 1.98. The second-order valence-corrected chi connectivity index (χ2v) is 3.41. The highest BCUT2D eigenvalue weighted by atomic mass is 19.4. The molecular formula is C9H15F3N4O. The summed E-state index contributed by atoms with van der Waals surface area (Å²) in [5.41, 5.74) is 0. The molecule has 0 saturated carbocycles. The van der Waals surface area contributed by atoms with Gasteiger partial charge in [0.15, 0.2) is 5.82 Å². The third kappa shape index (κ3) is 4.94. The number of methoxy groups -OCH3 is 1. The van der Waals surface area contributed by atoms with E-state index in [1.807, 2.05) is 0 Å². The van der Waals surface area contributed by atoms with Gasteiger partial charge in [0.2, 0.25) is 5.88 Å². The molecule has 0 spiro atoms. The number of aryl methyl sites for hydroxylation is 1. The van der Waals surface area contributed by atoms with E-state index in [4.69, 9.17) is 4.74 Å². The van der Waals surface area contributed by atoms with Crippen LogP contribution in [0.1, 0.15) is 0 Å². The molecule has 8 heteroatoms. The molecule has 0 amide bonds. The van der Waals surface area contributed by atoms with Crippen LogP contribution in [0.4, 0.5) is 19.0 Å². The molecule has 5 nitrogen and oxygen atoms in total. The van der Waals surface area contributed by atoms with Crippen LogP contribution >= 0.6 is 0 Å². The van der Waals surface area contributed by atoms with E-state index in [-0.39, 0.29) is 6.54 Å². The van der Waals surface area contributed by atoms with Crippen LogP contribution in [-0.4, -0.2) is 42.7 Å². The maximum atomic E-state index is 11.8. The summed E-state index contributed by atoms with van der Waals surface area (Å²) in [5, 5.41) is 9.22. The van der Waals surface area contributed by atoms with Crippen molar-refractivity contribution in [1.82, 2.24) is 15.1 Å². The molecule has 1 aromatic heterocycles. The minimum absolute atomic E-state index is 0.207. The molecule has 1 heterocycles. The molecule has 98 valence electrons. The number of rotatable bonds is 6. The van der Waals surface area contributed by atoms with Crippen LogP contribution in [0.25, 0.3) is 0 Å². The Morgan fingerprint density at radius 3 is 2.65 bits per heavy atom. The minimum Gasteiger partial charge on any atom is -0.481 e. The highest BCUT2D eigenvalue weighted by molar-refractivity contribution is 5.38. The second-order valence-electron chi connectivity index (χ2n) is 3.41. The van der Waals surface area contributed by atoms with Gasteiger partial charge in [-0.3, -0.25) is 0 Å². The van der Waals surface area contributed by atoms with Crippen molar-refractivity contribution in [2.45, 2.75) is 6.18 Å². The van der Waals surface area contributed by atoms with Crippen LogP contribution in [0, 0.1) is 0 Å². The first-order valence-corrected chi connectivity index (χ1v) is 5.02. The topological polar surface area (TPSA) is 51.1 Å². The summed E-state index contributed by atoms with van der Waals surface area (Å²) in [6, 6.07) is 1.67. The molecule has 0 unspecified atom stereocenters. The van der Waals surface area contributed by atoms with E-state index < -0.39 is 12.7 Å². The number of aromatic nitrogens is 2. The van der Waals surface area contributed by atoms with E-state index in [1.54, 1.807) is 13.1 Å². The summed E-state index contributed by atoms with van der Waals surface area (Å²) in [4.78, 5) is 0. The number of halogens is 3. The molecule has 0 aliphatic rings. The zero-order chi connectivity index (χ0) is 12.9. The van der Waals surface area contributed by atoms with Crippen LogP contribution < -0.4 is 15.4 Å². The Morgan fingerprint density at radius 1 is 1.41 bits per heavy atom. The predicted molar refractivity (Wildman–Crippen MR) is 57.2 cm³/mol. The third-order valence-corrected chi connectivity index (χ3v) is 1.98. The monoisotopic (exact) mass is 252 g/mol. The molecule has 1 rings (SSSR count). The molecule has 0 radical (unpaired) electrons. The van der Waals surface area contributed by atoms with Gasteiger partial charge in [-0.2, -0.15) is 18.3 Å². The molecule has 17 heavy (non-hydrogen) atoms. The van der Waals surface area contributed by atoms with Crippen molar-refractivity contribution in [1.29, 1.82) is 0 Å². The van der Waals surface area contributed by atoms with Crippen LogP contribution in [0.5, 0.6) is 5.88 Å². The lowest BCUT2D eigenvalue weighted by atomic mass is 10.5. The van der Waals surface area contributed by atoms with Gasteiger partial charge in [0.1, 0.15) is 0 Å². The van der Waals surface area contributed by atoms with Crippen LogP contribution in [0.3, 0.4) is 0 Å². The SMILES string of the molecule is COc1cc(NCCNCC(F)(F)F)nn1C. The lowest BCUT2D eigenvalue weighted by Gasteiger charge is -2.08. The Bertz CT molecular complexity index is 351. The van der Waals surface area contributed by atoms with Gasteiger partial charge in [-0.1, -0.05) is 0 Å². The molecular weight excluding hydrogens is 237 g/mol. The average molecular weight is 252 g/mol. The summed E-state index contributed by atoms with van der Waals surface area (Å²) < 4.78 is 41.9. The minimum atomic E-state index is -4.17. The Kier molecular flexibility index (Phi) is 4.62. The zero-order valence-electron chi connectivity index (χ0n) is 9.64. The van der Waals surface area contributed by atoms with Gasteiger partial charge in [0.25, 0.3) is 0 Å².